The van der Waals surface area contributed by atoms with Gasteiger partial charge in [-0.25, -0.2) is 0 Å². The highest BCUT2D eigenvalue weighted by atomic mass is 16.3. The molecule has 1 aromatic heterocycles. The average molecular weight is 182 g/mol. The van der Waals surface area contributed by atoms with Crippen LogP contribution >= 0.6 is 0 Å². The van der Waals surface area contributed by atoms with Crippen molar-refractivity contribution in [1.82, 2.24) is 5.32 Å². The van der Waals surface area contributed by atoms with Gasteiger partial charge >= 0.3 is 0 Å². The third-order valence-corrected chi connectivity index (χ3v) is 1.71. The zero-order valence-electron chi connectivity index (χ0n) is 8.34. The number of nitrogens with one attached hydrogen (secondary N) is 1. The number of hydrogen-bond donors (Lipinski definition) is 2. The van der Waals surface area contributed by atoms with Gasteiger partial charge in [-0.2, -0.15) is 0 Å². The molecule has 0 atom stereocenters. The van der Waals surface area contributed by atoms with Crippen LogP contribution in [0.1, 0.15) is 19.6 Å². The van der Waals surface area contributed by atoms with Crippen LogP contribution in [0.25, 0.3) is 0 Å². The van der Waals surface area contributed by atoms with Crippen LogP contribution in [0.3, 0.4) is 0 Å². The van der Waals surface area contributed by atoms with Crippen LogP contribution in [0.2, 0.25) is 0 Å². The van der Waals surface area contributed by atoms with Crippen LogP contribution in [-0.2, 0) is 6.42 Å². The lowest BCUT2D eigenvalue weighted by Crippen LogP contribution is -2.43. The van der Waals surface area contributed by atoms with E-state index in [9.17, 15) is 0 Å². The Morgan fingerprint density at radius 2 is 2.31 bits per heavy atom. The summed E-state index contributed by atoms with van der Waals surface area (Å²) in [5.74, 6) is 1.02. The van der Waals surface area contributed by atoms with E-state index < -0.39 is 0 Å². The fourth-order valence-electron chi connectivity index (χ4n) is 1.08. The molecule has 0 aliphatic carbocycles. The van der Waals surface area contributed by atoms with Crippen molar-refractivity contribution in [3.8, 4) is 0 Å². The Kier molecular flexibility index (Phi) is 3.51. The summed E-state index contributed by atoms with van der Waals surface area (Å²) in [6.07, 6.45) is 2.62. The molecule has 0 aromatic carbocycles. The van der Waals surface area contributed by atoms with Gasteiger partial charge in [0.15, 0.2) is 0 Å². The Bertz CT molecular complexity index is 224. The van der Waals surface area contributed by atoms with Crippen LogP contribution < -0.4 is 11.1 Å². The zero-order valence-corrected chi connectivity index (χ0v) is 8.34. The summed E-state index contributed by atoms with van der Waals surface area (Å²) in [6, 6.07) is 3.89. The third kappa shape index (κ3) is 4.70. The van der Waals surface area contributed by atoms with Gasteiger partial charge in [-0.05, 0) is 26.0 Å². The number of furan rings is 1. The number of nitrogens with two attached hydrogens (primary N) is 1. The lowest BCUT2D eigenvalue weighted by molar-refractivity contribution is 0.452. The molecule has 3 N–H and O–H groups in total. The van der Waals surface area contributed by atoms with Crippen molar-refractivity contribution in [2.45, 2.75) is 25.8 Å². The molecule has 13 heavy (non-hydrogen) atoms. The number of hydrogen-bond acceptors (Lipinski definition) is 3. The van der Waals surface area contributed by atoms with Crippen LogP contribution in [0.4, 0.5) is 0 Å². The van der Waals surface area contributed by atoms with E-state index in [1.54, 1.807) is 6.26 Å². The molecule has 0 spiro atoms. The first-order valence-electron chi connectivity index (χ1n) is 4.60. The first-order chi connectivity index (χ1) is 6.08. The van der Waals surface area contributed by atoms with Crippen molar-refractivity contribution in [3.63, 3.8) is 0 Å². The zero-order chi connectivity index (χ0) is 9.73. The van der Waals surface area contributed by atoms with Crippen molar-refractivity contribution in [2.75, 3.05) is 13.1 Å². The molecule has 0 bridgehead atoms. The minimum Gasteiger partial charge on any atom is -0.469 e. The predicted octanol–water partition coefficient (Wildman–Crippen LogP) is 1.15. The first kappa shape index (κ1) is 10.3. The summed E-state index contributed by atoms with van der Waals surface area (Å²) in [7, 11) is 0. The maximum Gasteiger partial charge on any atom is 0.105 e. The van der Waals surface area contributed by atoms with E-state index in [1.165, 1.54) is 0 Å². The van der Waals surface area contributed by atoms with Gasteiger partial charge in [-0.15, -0.1) is 0 Å². The van der Waals surface area contributed by atoms with E-state index in [2.05, 4.69) is 5.32 Å². The van der Waals surface area contributed by atoms with E-state index in [0.29, 0.717) is 0 Å². The minimum atomic E-state index is -0.136. The summed E-state index contributed by atoms with van der Waals surface area (Å²) in [4.78, 5) is 0. The normalized spacial score (nSPS) is 11.9. The van der Waals surface area contributed by atoms with Crippen LogP contribution in [-0.4, -0.2) is 18.6 Å². The van der Waals surface area contributed by atoms with E-state index >= 15 is 0 Å². The maximum absolute atomic E-state index is 5.81. The molecule has 0 aliphatic heterocycles. The molecule has 3 nitrogen and oxygen atoms in total. The van der Waals surface area contributed by atoms with Crippen LogP contribution in [0, 0.1) is 0 Å². The molecule has 3 heteroatoms. The van der Waals surface area contributed by atoms with Crippen molar-refractivity contribution in [1.29, 1.82) is 0 Å². The molecule has 0 unspecified atom stereocenters. The monoisotopic (exact) mass is 182 g/mol. The average Bonchev–Trinajstić information content (AvgIpc) is 2.48. The molecule has 1 aromatic rings. The molecule has 0 radical (unpaired) electrons. The first-order valence-corrected chi connectivity index (χ1v) is 4.60. The Morgan fingerprint density at radius 1 is 1.54 bits per heavy atom. The van der Waals surface area contributed by atoms with Crippen LogP contribution in [0.5, 0.6) is 0 Å². The molecular formula is C10H18N2O. The van der Waals surface area contributed by atoms with Gasteiger partial charge in [0, 0.05) is 25.0 Å². The molecule has 1 heterocycles. The van der Waals surface area contributed by atoms with Crippen molar-refractivity contribution >= 4 is 0 Å². The van der Waals surface area contributed by atoms with Crippen molar-refractivity contribution in [3.05, 3.63) is 24.2 Å². The maximum atomic E-state index is 5.81. The SMILES string of the molecule is CC(C)(N)CNCCc1ccco1. The lowest BCUT2D eigenvalue weighted by atomic mass is 10.1. The Balaban J connectivity index is 2.09. The predicted molar refractivity (Wildman–Crippen MR) is 53.5 cm³/mol. The Labute approximate surface area is 79.3 Å². The quantitative estimate of drug-likeness (QED) is 0.672. The second-order valence-corrected chi connectivity index (χ2v) is 3.99. The summed E-state index contributed by atoms with van der Waals surface area (Å²) in [5.41, 5.74) is 5.67. The lowest BCUT2D eigenvalue weighted by Gasteiger charge is -2.18. The highest BCUT2D eigenvalue weighted by Crippen LogP contribution is 2.00. The van der Waals surface area contributed by atoms with E-state index in [1.807, 2.05) is 26.0 Å². The molecule has 0 saturated carbocycles. The second-order valence-electron chi connectivity index (χ2n) is 3.99. The van der Waals surface area contributed by atoms with Crippen molar-refractivity contribution in [2.24, 2.45) is 5.73 Å². The van der Waals surface area contributed by atoms with Crippen LogP contribution in [0.15, 0.2) is 22.8 Å². The topological polar surface area (TPSA) is 51.2 Å². The van der Waals surface area contributed by atoms with Gasteiger partial charge in [-0.3, -0.25) is 0 Å². The molecule has 74 valence electrons. The minimum absolute atomic E-state index is 0.136. The highest BCUT2D eigenvalue weighted by molar-refractivity contribution is 4.98. The van der Waals surface area contributed by atoms with Gasteiger partial charge in [0.05, 0.1) is 6.26 Å². The molecule has 0 fully saturated rings. The molecule has 0 aliphatic rings. The number of rotatable bonds is 5. The second kappa shape index (κ2) is 4.44. The molecule has 0 saturated heterocycles. The van der Waals surface area contributed by atoms with Gasteiger partial charge in [0.2, 0.25) is 0 Å². The van der Waals surface area contributed by atoms with E-state index in [4.69, 9.17) is 10.2 Å². The van der Waals surface area contributed by atoms with Gasteiger partial charge < -0.3 is 15.5 Å². The third-order valence-electron chi connectivity index (χ3n) is 1.71. The summed E-state index contributed by atoms with van der Waals surface area (Å²) < 4.78 is 5.19. The standard InChI is InChI=1S/C10H18N2O/c1-10(2,11)8-12-6-5-9-4-3-7-13-9/h3-4,7,12H,5-6,8,11H2,1-2H3. The summed E-state index contributed by atoms with van der Waals surface area (Å²) in [5, 5.41) is 3.28. The van der Waals surface area contributed by atoms with E-state index in [-0.39, 0.29) is 5.54 Å². The molecular weight excluding hydrogens is 164 g/mol. The highest BCUT2D eigenvalue weighted by Gasteiger charge is 2.08. The molecule has 1 rings (SSSR count). The van der Waals surface area contributed by atoms with E-state index in [0.717, 1.165) is 25.3 Å². The summed E-state index contributed by atoms with van der Waals surface area (Å²) >= 11 is 0. The molecule has 0 amide bonds. The fraction of sp³-hybridized carbons (Fsp3) is 0.600. The van der Waals surface area contributed by atoms with Gasteiger partial charge in [0.25, 0.3) is 0 Å². The largest absolute Gasteiger partial charge is 0.469 e. The Morgan fingerprint density at radius 3 is 2.85 bits per heavy atom. The summed E-state index contributed by atoms with van der Waals surface area (Å²) in [6.45, 7) is 5.75. The van der Waals surface area contributed by atoms with Gasteiger partial charge in [0.1, 0.15) is 5.76 Å². The smallest absolute Gasteiger partial charge is 0.105 e. The van der Waals surface area contributed by atoms with Gasteiger partial charge in [-0.1, -0.05) is 0 Å². The van der Waals surface area contributed by atoms with Crippen molar-refractivity contribution < 1.29 is 4.42 Å². The fourth-order valence-corrected chi connectivity index (χ4v) is 1.08. The Hall–Kier alpha value is -0.800.